The van der Waals surface area contributed by atoms with Gasteiger partial charge in [-0.1, -0.05) is 25.1 Å². The van der Waals surface area contributed by atoms with Crippen LogP contribution in [0.3, 0.4) is 0 Å². The van der Waals surface area contributed by atoms with Crippen molar-refractivity contribution in [2.75, 3.05) is 13.7 Å². The van der Waals surface area contributed by atoms with Crippen molar-refractivity contribution in [1.29, 1.82) is 0 Å². The Hall–Kier alpha value is -1.51. The molecule has 3 rings (SSSR count). The number of carbonyl (C=O) groups excluding carboxylic acids is 1. The number of para-hydroxylation sites is 1. The van der Waals surface area contributed by atoms with Gasteiger partial charge in [0.25, 0.3) is 0 Å². The lowest BCUT2D eigenvalue weighted by Crippen LogP contribution is -2.25. The summed E-state index contributed by atoms with van der Waals surface area (Å²) < 4.78 is 10.6. The summed E-state index contributed by atoms with van der Waals surface area (Å²) in [6.45, 7) is 2.82. The first-order chi connectivity index (χ1) is 8.21. The Labute approximate surface area is 101 Å². The molecule has 1 aromatic carbocycles. The number of rotatable bonds is 1. The van der Waals surface area contributed by atoms with Gasteiger partial charge in [0.15, 0.2) is 0 Å². The van der Waals surface area contributed by atoms with Crippen molar-refractivity contribution in [3.8, 4) is 5.75 Å². The van der Waals surface area contributed by atoms with Gasteiger partial charge >= 0.3 is 5.97 Å². The largest absolute Gasteiger partial charge is 0.493 e. The minimum atomic E-state index is -0.0887. The Kier molecular flexibility index (Phi) is 2.18. The molecule has 1 fully saturated rings. The molecule has 17 heavy (non-hydrogen) atoms. The molecule has 1 saturated carbocycles. The molecule has 0 radical (unpaired) electrons. The highest BCUT2D eigenvalue weighted by atomic mass is 16.5. The smallest absolute Gasteiger partial charge is 0.309 e. The maximum Gasteiger partial charge on any atom is 0.309 e. The summed E-state index contributed by atoms with van der Waals surface area (Å²) >= 11 is 0. The van der Waals surface area contributed by atoms with E-state index in [1.165, 1.54) is 12.7 Å². The maximum absolute atomic E-state index is 11.8. The molecule has 0 saturated heterocycles. The Morgan fingerprint density at radius 3 is 3.00 bits per heavy atom. The monoisotopic (exact) mass is 232 g/mol. The lowest BCUT2D eigenvalue weighted by molar-refractivity contribution is -0.143. The number of hydrogen-bond acceptors (Lipinski definition) is 3. The van der Waals surface area contributed by atoms with E-state index in [4.69, 9.17) is 9.47 Å². The number of carbonyl (C=O) groups is 1. The van der Waals surface area contributed by atoms with Crippen LogP contribution < -0.4 is 4.74 Å². The molecule has 1 aliphatic heterocycles. The van der Waals surface area contributed by atoms with E-state index in [1.54, 1.807) is 0 Å². The van der Waals surface area contributed by atoms with E-state index < -0.39 is 0 Å². The highest BCUT2D eigenvalue weighted by Gasteiger charge is 2.68. The van der Waals surface area contributed by atoms with Crippen molar-refractivity contribution in [3.63, 3.8) is 0 Å². The SMILES string of the molecule is COC(=O)C1C(C)[C@]12CCOc1ccccc12. The molecule has 3 atom stereocenters. The van der Waals surface area contributed by atoms with E-state index >= 15 is 0 Å². The molecule has 3 heteroatoms. The molecule has 0 aromatic heterocycles. The van der Waals surface area contributed by atoms with Crippen LogP contribution in [0.4, 0.5) is 0 Å². The molecule has 0 amide bonds. The van der Waals surface area contributed by atoms with Crippen LogP contribution in [0, 0.1) is 11.8 Å². The quantitative estimate of drug-likeness (QED) is 0.696. The average molecular weight is 232 g/mol. The Morgan fingerprint density at radius 2 is 2.24 bits per heavy atom. The van der Waals surface area contributed by atoms with Crippen molar-refractivity contribution >= 4 is 5.97 Å². The number of methoxy groups -OCH3 is 1. The summed E-state index contributed by atoms with van der Waals surface area (Å²) in [7, 11) is 1.46. The van der Waals surface area contributed by atoms with E-state index in [0.717, 1.165) is 12.2 Å². The lowest BCUT2D eigenvalue weighted by Gasteiger charge is -2.27. The van der Waals surface area contributed by atoms with Crippen molar-refractivity contribution in [2.45, 2.75) is 18.8 Å². The zero-order valence-electron chi connectivity index (χ0n) is 10.1. The predicted molar refractivity (Wildman–Crippen MR) is 62.9 cm³/mol. The summed E-state index contributed by atoms with van der Waals surface area (Å²) in [4.78, 5) is 11.8. The number of esters is 1. The molecule has 2 aliphatic rings. The highest BCUT2D eigenvalue weighted by Crippen LogP contribution is 2.65. The summed E-state index contributed by atoms with van der Waals surface area (Å²) in [5, 5.41) is 0. The van der Waals surface area contributed by atoms with Gasteiger partial charge in [-0.25, -0.2) is 0 Å². The van der Waals surface area contributed by atoms with Crippen molar-refractivity contribution in [2.24, 2.45) is 11.8 Å². The zero-order chi connectivity index (χ0) is 12.0. The molecule has 1 heterocycles. The number of fused-ring (bicyclic) bond motifs is 2. The molecular formula is C14H16O3. The van der Waals surface area contributed by atoms with Gasteiger partial charge in [-0.15, -0.1) is 0 Å². The van der Waals surface area contributed by atoms with Gasteiger partial charge in [-0.3, -0.25) is 4.79 Å². The fourth-order valence-corrected chi connectivity index (χ4v) is 3.41. The van der Waals surface area contributed by atoms with Crippen LogP contribution in [-0.4, -0.2) is 19.7 Å². The molecule has 2 unspecified atom stereocenters. The van der Waals surface area contributed by atoms with Crippen molar-refractivity contribution in [3.05, 3.63) is 29.8 Å². The molecule has 1 aromatic rings. The fraction of sp³-hybridized carbons (Fsp3) is 0.500. The van der Waals surface area contributed by atoms with Gasteiger partial charge in [0.1, 0.15) is 5.75 Å². The first kappa shape index (κ1) is 10.6. The van der Waals surface area contributed by atoms with Gasteiger partial charge in [-0.05, 0) is 18.4 Å². The summed E-state index contributed by atoms with van der Waals surface area (Å²) in [5.41, 5.74) is 1.14. The van der Waals surface area contributed by atoms with E-state index in [-0.39, 0.29) is 17.3 Å². The van der Waals surface area contributed by atoms with Gasteiger partial charge in [0.05, 0.1) is 19.6 Å². The normalized spacial score (nSPS) is 33.8. The maximum atomic E-state index is 11.8. The van der Waals surface area contributed by atoms with E-state index in [0.29, 0.717) is 12.5 Å². The van der Waals surface area contributed by atoms with E-state index in [9.17, 15) is 4.79 Å². The molecule has 1 aliphatic carbocycles. The van der Waals surface area contributed by atoms with Crippen LogP contribution in [0.25, 0.3) is 0 Å². The van der Waals surface area contributed by atoms with Crippen molar-refractivity contribution < 1.29 is 14.3 Å². The average Bonchev–Trinajstić information content (AvgIpc) is 2.94. The lowest BCUT2D eigenvalue weighted by atomic mass is 9.86. The molecule has 0 bridgehead atoms. The minimum Gasteiger partial charge on any atom is -0.493 e. The Balaban J connectivity index is 2.04. The summed E-state index contributed by atoms with van der Waals surface area (Å²) in [6.07, 6.45) is 0.908. The topological polar surface area (TPSA) is 35.5 Å². The third-order valence-electron chi connectivity index (χ3n) is 4.38. The van der Waals surface area contributed by atoms with Crippen LogP contribution in [-0.2, 0) is 14.9 Å². The third-order valence-corrected chi connectivity index (χ3v) is 4.38. The molecule has 1 spiro atoms. The van der Waals surface area contributed by atoms with E-state index in [2.05, 4.69) is 13.0 Å². The zero-order valence-corrected chi connectivity index (χ0v) is 10.1. The Morgan fingerprint density at radius 1 is 1.47 bits per heavy atom. The van der Waals surface area contributed by atoms with Gasteiger partial charge in [-0.2, -0.15) is 0 Å². The predicted octanol–water partition coefficient (Wildman–Crippen LogP) is 2.15. The number of benzene rings is 1. The van der Waals surface area contributed by atoms with E-state index in [1.807, 2.05) is 18.2 Å². The standard InChI is InChI=1S/C14H16O3/c1-9-12(13(15)16-2)14(9)7-8-17-11-6-4-3-5-10(11)14/h3-6,9,12H,7-8H2,1-2H3/t9?,12?,14-/m0/s1. The molecule has 0 N–H and O–H groups in total. The van der Waals surface area contributed by atoms with Gasteiger partial charge < -0.3 is 9.47 Å². The van der Waals surface area contributed by atoms with Gasteiger partial charge in [0, 0.05) is 11.0 Å². The third kappa shape index (κ3) is 1.25. The molecule has 3 nitrogen and oxygen atoms in total. The van der Waals surface area contributed by atoms with Gasteiger partial charge in [0.2, 0.25) is 0 Å². The molecular weight excluding hydrogens is 216 g/mol. The molecule has 90 valence electrons. The Bertz CT molecular complexity index is 468. The number of ether oxygens (including phenoxy) is 2. The fourth-order valence-electron chi connectivity index (χ4n) is 3.41. The highest BCUT2D eigenvalue weighted by molar-refractivity contribution is 5.80. The van der Waals surface area contributed by atoms with Crippen LogP contribution in [0.15, 0.2) is 24.3 Å². The number of hydrogen-bond donors (Lipinski definition) is 0. The van der Waals surface area contributed by atoms with Crippen LogP contribution in [0.5, 0.6) is 5.75 Å². The minimum absolute atomic E-state index is 0.00227. The second-order valence-corrected chi connectivity index (χ2v) is 4.92. The van der Waals surface area contributed by atoms with Crippen LogP contribution in [0.2, 0.25) is 0 Å². The second-order valence-electron chi connectivity index (χ2n) is 4.92. The first-order valence-electron chi connectivity index (χ1n) is 6.02. The van der Waals surface area contributed by atoms with Crippen LogP contribution >= 0.6 is 0 Å². The first-order valence-corrected chi connectivity index (χ1v) is 6.02. The summed E-state index contributed by atoms with van der Waals surface area (Å²) in [6, 6.07) is 8.04. The van der Waals surface area contributed by atoms with Crippen molar-refractivity contribution in [1.82, 2.24) is 0 Å². The summed E-state index contributed by atoms with van der Waals surface area (Å²) in [5.74, 6) is 1.18. The van der Waals surface area contributed by atoms with Crippen LogP contribution in [0.1, 0.15) is 18.9 Å². The second kappa shape index (κ2) is 3.49.